The summed E-state index contributed by atoms with van der Waals surface area (Å²) in [5.74, 6) is -0.162. The van der Waals surface area contributed by atoms with Crippen molar-refractivity contribution in [2.45, 2.75) is 26.0 Å². The van der Waals surface area contributed by atoms with Crippen molar-refractivity contribution in [1.82, 2.24) is 0 Å². The molecule has 0 saturated heterocycles. The molecule has 0 bridgehead atoms. The Morgan fingerprint density at radius 2 is 1.80 bits per heavy atom. The molecule has 0 radical (unpaired) electrons. The Balaban J connectivity index is 4.23. The highest BCUT2D eigenvalue weighted by molar-refractivity contribution is 8.17. The van der Waals surface area contributed by atoms with Gasteiger partial charge in [0.2, 0.25) is 0 Å². The molecule has 0 heterocycles. The van der Waals surface area contributed by atoms with E-state index in [9.17, 15) is 14.4 Å². The van der Waals surface area contributed by atoms with Gasteiger partial charge < -0.3 is 4.74 Å². The van der Waals surface area contributed by atoms with Gasteiger partial charge in [0.1, 0.15) is 5.25 Å². The van der Waals surface area contributed by atoms with Crippen LogP contribution in [0.5, 0.6) is 0 Å². The molecule has 0 aromatic heterocycles. The molecule has 0 amide bonds. The molecule has 0 fully saturated rings. The molecule has 15 heavy (non-hydrogen) atoms. The van der Waals surface area contributed by atoms with E-state index in [1.54, 1.807) is 6.92 Å². The minimum atomic E-state index is -0.587. The van der Waals surface area contributed by atoms with Crippen LogP contribution >= 0.6 is 23.5 Å². The van der Waals surface area contributed by atoms with Crippen LogP contribution in [0, 0.1) is 0 Å². The van der Waals surface area contributed by atoms with Crippen molar-refractivity contribution in [2.24, 2.45) is 0 Å². The van der Waals surface area contributed by atoms with E-state index in [1.807, 2.05) is 0 Å². The van der Waals surface area contributed by atoms with Gasteiger partial charge in [-0.05, 0) is 6.92 Å². The molecule has 0 spiro atoms. The summed E-state index contributed by atoms with van der Waals surface area (Å²) in [4.78, 5) is 33.0. The van der Waals surface area contributed by atoms with Crippen LogP contribution in [-0.4, -0.2) is 33.8 Å². The van der Waals surface area contributed by atoms with E-state index in [0.29, 0.717) is 0 Å². The van der Waals surface area contributed by atoms with Gasteiger partial charge in [-0.1, -0.05) is 23.5 Å². The highest BCUT2D eigenvalue weighted by Gasteiger charge is 2.23. The minimum absolute atomic E-state index is 0.0755. The topological polar surface area (TPSA) is 60.4 Å². The fraction of sp³-hybridized carbons (Fsp3) is 0.667. The van der Waals surface area contributed by atoms with Gasteiger partial charge in [-0.2, -0.15) is 0 Å². The van der Waals surface area contributed by atoms with Crippen LogP contribution in [0.2, 0.25) is 0 Å². The molecule has 0 N–H and O–H groups in total. The minimum Gasteiger partial charge on any atom is -0.465 e. The first kappa shape index (κ1) is 14.5. The van der Waals surface area contributed by atoms with Gasteiger partial charge in [0, 0.05) is 19.6 Å². The zero-order valence-electron chi connectivity index (χ0n) is 8.94. The summed E-state index contributed by atoms with van der Waals surface area (Å²) in [6.45, 7) is 4.78. The summed E-state index contributed by atoms with van der Waals surface area (Å²) in [6.07, 6.45) is 0. The molecule has 0 aliphatic heterocycles. The first-order valence-electron chi connectivity index (χ1n) is 4.44. The number of carbonyl (C=O) groups is 3. The highest BCUT2D eigenvalue weighted by Crippen LogP contribution is 2.19. The number of rotatable bonds is 5. The average molecular weight is 250 g/mol. The lowest BCUT2D eigenvalue weighted by molar-refractivity contribution is -0.142. The van der Waals surface area contributed by atoms with Crippen molar-refractivity contribution in [3.63, 3.8) is 0 Å². The normalized spacial score (nSPS) is 11.9. The Kier molecular flexibility index (Phi) is 7.50. The van der Waals surface area contributed by atoms with Gasteiger partial charge in [-0.3, -0.25) is 14.4 Å². The quantitative estimate of drug-likeness (QED) is 0.689. The molecule has 0 aromatic carbocycles. The monoisotopic (exact) mass is 250 g/mol. The van der Waals surface area contributed by atoms with Gasteiger partial charge in [-0.15, -0.1) is 0 Å². The van der Waals surface area contributed by atoms with Crippen LogP contribution < -0.4 is 0 Å². The van der Waals surface area contributed by atoms with E-state index in [1.165, 1.54) is 13.8 Å². The van der Waals surface area contributed by atoms with Crippen LogP contribution in [0.3, 0.4) is 0 Å². The fourth-order valence-corrected chi connectivity index (χ4v) is 2.34. The fourth-order valence-electron chi connectivity index (χ4n) is 0.779. The van der Waals surface area contributed by atoms with E-state index in [4.69, 9.17) is 4.74 Å². The number of ether oxygens (including phenoxy) is 1. The third-order valence-electron chi connectivity index (χ3n) is 1.30. The Morgan fingerprint density at radius 3 is 2.20 bits per heavy atom. The van der Waals surface area contributed by atoms with Gasteiger partial charge in [-0.25, -0.2) is 0 Å². The predicted molar refractivity (Wildman–Crippen MR) is 61.8 cm³/mol. The zero-order valence-corrected chi connectivity index (χ0v) is 10.6. The standard InChI is InChI=1S/C9H14O4S2/c1-4-13-9(12)8(15-7(3)11)5-14-6(2)10/h8H,4-5H2,1-3H3. The molecule has 1 atom stereocenters. The summed E-state index contributed by atoms with van der Waals surface area (Å²) in [6, 6.07) is 0. The van der Waals surface area contributed by atoms with E-state index in [-0.39, 0.29) is 22.6 Å². The van der Waals surface area contributed by atoms with Crippen LogP contribution in [0.1, 0.15) is 20.8 Å². The highest BCUT2D eigenvalue weighted by atomic mass is 32.2. The van der Waals surface area contributed by atoms with E-state index < -0.39 is 11.2 Å². The Morgan fingerprint density at radius 1 is 1.20 bits per heavy atom. The van der Waals surface area contributed by atoms with Crippen molar-refractivity contribution in [2.75, 3.05) is 12.4 Å². The van der Waals surface area contributed by atoms with Crippen molar-refractivity contribution in [3.8, 4) is 0 Å². The Hall–Kier alpha value is -0.490. The maximum atomic E-state index is 11.4. The summed E-state index contributed by atoms with van der Waals surface area (Å²) in [5.41, 5.74) is 0. The maximum absolute atomic E-state index is 11.4. The van der Waals surface area contributed by atoms with Crippen molar-refractivity contribution >= 4 is 39.7 Å². The van der Waals surface area contributed by atoms with Crippen molar-refractivity contribution < 1.29 is 19.1 Å². The third-order valence-corrected chi connectivity index (χ3v) is 3.39. The van der Waals surface area contributed by atoms with E-state index >= 15 is 0 Å². The molecule has 6 heteroatoms. The number of esters is 1. The molecule has 0 aliphatic rings. The summed E-state index contributed by atoms with van der Waals surface area (Å²) < 4.78 is 4.80. The second-order valence-electron chi connectivity index (χ2n) is 2.65. The first-order chi connectivity index (χ1) is 6.97. The maximum Gasteiger partial charge on any atom is 0.320 e. The Labute approximate surface area is 97.5 Å². The zero-order chi connectivity index (χ0) is 11.8. The van der Waals surface area contributed by atoms with Gasteiger partial charge in [0.15, 0.2) is 10.2 Å². The lowest BCUT2D eigenvalue weighted by Crippen LogP contribution is -2.24. The summed E-state index contributed by atoms with van der Waals surface area (Å²) in [7, 11) is 0. The SMILES string of the molecule is CCOC(=O)C(CSC(C)=O)SC(C)=O. The summed E-state index contributed by atoms with van der Waals surface area (Å²) in [5, 5.41) is -0.818. The van der Waals surface area contributed by atoms with Gasteiger partial charge in [0.05, 0.1) is 6.61 Å². The van der Waals surface area contributed by atoms with E-state index in [0.717, 1.165) is 23.5 Å². The Bertz CT molecular complexity index is 252. The van der Waals surface area contributed by atoms with E-state index in [2.05, 4.69) is 0 Å². The largest absolute Gasteiger partial charge is 0.465 e. The second-order valence-corrected chi connectivity index (χ2v) is 5.23. The van der Waals surface area contributed by atoms with Crippen LogP contribution in [0.25, 0.3) is 0 Å². The van der Waals surface area contributed by atoms with Crippen LogP contribution in [-0.2, 0) is 19.1 Å². The van der Waals surface area contributed by atoms with Crippen LogP contribution in [0.4, 0.5) is 0 Å². The molecule has 4 nitrogen and oxygen atoms in total. The van der Waals surface area contributed by atoms with Gasteiger partial charge >= 0.3 is 5.97 Å². The molecule has 86 valence electrons. The third kappa shape index (κ3) is 7.44. The average Bonchev–Trinajstić information content (AvgIpc) is 2.11. The number of carbonyl (C=O) groups excluding carboxylic acids is 3. The molecule has 1 unspecified atom stereocenters. The van der Waals surface area contributed by atoms with Crippen molar-refractivity contribution in [3.05, 3.63) is 0 Å². The molecule has 0 rings (SSSR count). The number of hydrogen-bond donors (Lipinski definition) is 0. The molecule has 0 aromatic rings. The van der Waals surface area contributed by atoms with Gasteiger partial charge in [0.25, 0.3) is 0 Å². The molecule has 0 aliphatic carbocycles. The molecular weight excluding hydrogens is 236 g/mol. The molecular formula is C9H14O4S2. The van der Waals surface area contributed by atoms with Crippen LogP contribution in [0.15, 0.2) is 0 Å². The van der Waals surface area contributed by atoms with Crippen molar-refractivity contribution in [1.29, 1.82) is 0 Å². The first-order valence-corrected chi connectivity index (χ1v) is 6.31. The summed E-state index contributed by atoms with van der Waals surface area (Å²) >= 11 is 1.93. The number of thioether (sulfide) groups is 2. The molecule has 0 saturated carbocycles. The lowest BCUT2D eigenvalue weighted by atomic mass is 10.5. The lowest BCUT2D eigenvalue weighted by Gasteiger charge is -2.11. The predicted octanol–water partition coefficient (Wildman–Crippen LogP) is 1.48. The number of hydrogen-bond acceptors (Lipinski definition) is 6. The second kappa shape index (κ2) is 7.76. The smallest absolute Gasteiger partial charge is 0.320 e.